The van der Waals surface area contributed by atoms with E-state index in [1.807, 2.05) is 55.5 Å². The van der Waals surface area contributed by atoms with Crippen molar-refractivity contribution >= 4 is 17.3 Å². The summed E-state index contributed by atoms with van der Waals surface area (Å²) in [5.74, 6) is 0.763. The number of hydrogen-bond donors (Lipinski definition) is 1. The van der Waals surface area contributed by atoms with Gasteiger partial charge in [0, 0.05) is 29.2 Å². The lowest BCUT2D eigenvalue weighted by Gasteiger charge is -2.19. The first-order valence-corrected chi connectivity index (χ1v) is 8.38. The van der Waals surface area contributed by atoms with Crippen LogP contribution in [0.15, 0.2) is 60.8 Å². The maximum Gasteiger partial charge on any atom is 0.212 e. The minimum absolute atomic E-state index is 0.0266. The molecule has 2 aromatic heterocycles. The van der Waals surface area contributed by atoms with Crippen LogP contribution in [0.3, 0.4) is 0 Å². The van der Waals surface area contributed by atoms with Crippen molar-refractivity contribution in [1.82, 2.24) is 9.97 Å². The molecule has 132 valence electrons. The summed E-state index contributed by atoms with van der Waals surface area (Å²) in [5, 5.41) is 3.33. The first kappa shape index (κ1) is 17.6. The molecule has 5 heteroatoms. The average molecular weight is 347 g/mol. The van der Waals surface area contributed by atoms with E-state index in [0.717, 1.165) is 22.5 Å². The number of pyridine rings is 2. The molecule has 2 heterocycles. The van der Waals surface area contributed by atoms with Crippen LogP contribution >= 0.6 is 0 Å². The Bertz CT molecular complexity index is 893. The zero-order valence-electron chi connectivity index (χ0n) is 15.1. The maximum atomic E-state index is 12.5. The van der Waals surface area contributed by atoms with Crippen molar-refractivity contribution in [1.29, 1.82) is 0 Å². The number of aromatic nitrogens is 2. The van der Waals surface area contributed by atoms with Crippen LogP contribution in [0.25, 0.3) is 0 Å². The minimum atomic E-state index is -0.451. The van der Waals surface area contributed by atoms with Crippen molar-refractivity contribution in [3.05, 3.63) is 77.6 Å². The highest BCUT2D eigenvalue weighted by Crippen LogP contribution is 2.32. The van der Waals surface area contributed by atoms with Crippen molar-refractivity contribution in [3.8, 4) is 5.88 Å². The SMILES string of the molecule is COc1ccc(C(C(C)=O)c2ccc(C)nc2Nc2ccccc2)cn1. The lowest BCUT2D eigenvalue weighted by atomic mass is 9.89. The summed E-state index contributed by atoms with van der Waals surface area (Å²) in [4.78, 5) is 21.3. The number of carbonyl (C=O) groups excluding carboxylic acids is 1. The van der Waals surface area contributed by atoms with E-state index in [1.54, 1.807) is 26.3 Å². The Labute approximate surface area is 153 Å². The van der Waals surface area contributed by atoms with Crippen LogP contribution in [0.5, 0.6) is 5.88 Å². The number of Topliss-reactive ketones (excluding diaryl/α,β-unsaturated/α-hetero) is 1. The number of ether oxygens (including phenoxy) is 1. The predicted octanol–water partition coefficient (Wildman–Crippen LogP) is 4.26. The zero-order valence-corrected chi connectivity index (χ0v) is 15.1. The molecular formula is C21H21N3O2. The summed E-state index contributed by atoms with van der Waals surface area (Å²) in [7, 11) is 1.57. The number of hydrogen-bond acceptors (Lipinski definition) is 5. The molecule has 1 unspecified atom stereocenters. The van der Waals surface area contributed by atoms with Gasteiger partial charge in [-0.25, -0.2) is 9.97 Å². The number of nitrogens with one attached hydrogen (secondary N) is 1. The molecule has 5 nitrogen and oxygen atoms in total. The van der Waals surface area contributed by atoms with Crippen molar-refractivity contribution < 1.29 is 9.53 Å². The number of anilines is 2. The molecule has 1 N–H and O–H groups in total. The van der Waals surface area contributed by atoms with Gasteiger partial charge in [0.2, 0.25) is 5.88 Å². The van der Waals surface area contributed by atoms with Gasteiger partial charge in [-0.3, -0.25) is 4.79 Å². The fourth-order valence-electron chi connectivity index (χ4n) is 2.88. The van der Waals surface area contributed by atoms with Crippen LogP contribution in [0.1, 0.15) is 29.7 Å². The van der Waals surface area contributed by atoms with Crippen molar-refractivity contribution in [2.45, 2.75) is 19.8 Å². The topological polar surface area (TPSA) is 64.1 Å². The molecule has 0 saturated heterocycles. The van der Waals surface area contributed by atoms with E-state index in [9.17, 15) is 4.79 Å². The lowest BCUT2D eigenvalue weighted by molar-refractivity contribution is -0.117. The van der Waals surface area contributed by atoms with E-state index in [2.05, 4.69) is 15.3 Å². The zero-order chi connectivity index (χ0) is 18.5. The molecule has 1 aromatic carbocycles. The molecule has 0 aliphatic rings. The number of nitrogens with zero attached hydrogens (tertiary/aromatic N) is 2. The van der Waals surface area contributed by atoms with E-state index in [0.29, 0.717) is 11.7 Å². The van der Waals surface area contributed by atoms with Crippen LogP contribution < -0.4 is 10.1 Å². The molecule has 0 aliphatic carbocycles. The number of para-hydroxylation sites is 1. The van der Waals surface area contributed by atoms with Gasteiger partial charge < -0.3 is 10.1 Å². The van der Waals surface area contributed by atoms with Gasteiger partial charge in [-0.2, -0.15) is 0 Å². The lowest BCUT2D eigenvalue weighted by Crippen LogP contribution is -2.14. The Kier molecular flexibility index (Phi) is 5.27. The molecule has 26 heavy (non-hydrogen) atoms. The molecule has 0 spiro atoms. The molecule has 0 saturated carbocycles. The normalized spacial score (nSPS) is 11.7. The first-order valence-electron chi connectivity index (χ1n) is 8.38. The highest BCUT2D eigenvalue weighted by atomic mass is 16.5. The van der Waals surface area contributed by atoms with Gasteiger partial charge in [0.15, 0.2) is 0 Å². The Hall–Kier alpha value is -3.21. The van der Waals surface area contributed by atoms with E-state index >= 15 is 0 Å². The monoisotopic (exact) mass is 347 g/mol. The highest BCUT2D eigenvalue weighted by Gasteiger charge is 2.23. The minimum Gasteiger partial charge on any atom is -0.481 e. The second kappa shape index (κ2) is 7.78. The van der Waals surface area contributed by atoms with Crippen LogP contribution in [0.4, 0.5) is 11.5 Å². The summed E-state index contributed by atoms with van der Waals surface area (Å²) in [6.07, 6.45) is 1.68. The average Bonchev–Trinajstić information content (AvgIpc) is 2.65. The Morgan fingerprint density at radius 2 is 1.85 bits per heavy atom. The Balaban J connectivity index is 2.05. The highest BCUT2D eigenvalue weighted by molar-refractivity contribution is 5.88. The maximum absolute atomic E-state index is 12.5. The molecule has 1 atom stereocenters. The second-order valence-electron chi connectivity index (χ2n) is 6.06. The molecule has 0 bridgehead atoms. The van der Waals surface area contributed by atoms with E-state index < -0.39 is 5.92 Å². The summed E-state index contributed by atoms with van der Waals surface area (Å²) < 4.78 is 5.11. The van der Waals surface area contributed by atoms with Gasteiger partial charge in [-0.1, -0.05) is 30.3 Å². The van der Waals surface area contributed by atoms with E-state index in [-0.39, 0.29) is 5.78 Å². The van der Waals surface area contributed by atoms with Crippen molar-refractivity contribution in [3.63, 3.8) is 0 Å². The Morgan fingerprint density at radius 3 is 2.46 bits per heavy atom. The molecule has 0 aliphatic heterocycles. The van der Waals surface area contributed by atoms with Crippen molar-refractivity contribution in [2.24, 2.45) is 0 Å². The van der Waals surface area contributed by atoms with Crippen LogP contribution in [-0.2, 0) is 4.79 Å². The molecule has 3 rings (SSSR count). The number of aryl methyl sites for hydroxylation is 1. The van der Waals surface area contributed by atoms with Gasteiger partial charge in [-0.05, 0) is 37.6 Å². The number of benzene rings is 1. The molecule has 3 aromatic rings. The first-order chi connectivity index (χ1) is 12.6. The van der Waals surface area contributed by atoms with Gasteiger partial charge >= 0.3 is 0 Å². The molecule has 0 amide bonds. The third kappa shape index (κ3) is 3.88. The number of carbonyl (C=O) groups is 1. The van der Waals surface area contributed by atoms with Gasteiger partial charge in [-0.15, -0.1) is 0 Å². The van der Waals surface area contributed by atoms with Crippen LogP contribution in [-0.4, -0.2) is 22.9 Å². The van der Waals surface area contributed by atoms with Gasteiger partial charge in [0.05, 0.1) is 13.0 Å². The second-order valence-corrected chi connectivity index (χ2v) is 6.06. The molecule has 0 radical (unpaired) electrons. The Morgan fingerprint density at radius 1 is 1.08 bits per heavy atom. The standard InChI is InChI=1S/C21H21N3O2/c1-14-9-11-18(21(23-14)24-17-7-5-4-6-8-17)20(15(2)25)16-10-12-19(26-3)22-13-16/h4-13,20H,1-3H3,(H,23,24). The van der Waals surface area contributed by atoms with Crippen LogP contribution in [0, 0.1) is 6.92 Å². The van der Waals surface area contributed by atoms with Crippen LogP contribution in [0.2, 0.25) is 0 Å². The van der Waals surface area contributed by atoms with Crippen molar-refractivity contribution in [2.75, 3.05) is 12.4 Å². The molecular weight excluding hydrogens is 326 g/mol. The summed E-state index contributed by atoms with van der Waals surface area (Å²) >= 11 is 0. The third-order valence-corrected chi connectivity index (χ3v) is 4.12. The smallest absolute Gasteiger partial charge is 0.212 e. The van der Waals surface area contributed by atoms with E-state index in [1.165, 1.54) is 0 Å². The van der Waals surface area contributed by atoms with E-state index in [4.69, 9.17) is 4.74 Å². The number of rotatable bonds is 6. The quantitative estimate of drug-likeness (QED) is 0.722. The number of methoxy groups -OCH3 is 1. The fourth-order valence-corrected chi connectivity index (χ4v) is 2.88. The predicted molar refractivity (Wildman–Crippen MR) is 102 cm³/mol. The summed E-state index contributed by atoms with van der Waals surface area (Å²) in [6, 6.07) is 17.3. The molecule has 0 fully saturated rings. The third-order valence-electron chi connectivity index (χ3n) is 4.12. The summed E-state index contributed by atoms with van der Waals surface area (Å²) in [6.45, 7) is 3.51. The summed E-state index contributed by atoms with van der Waals surface area (Å²) in [5.41, 5.74) is 3.42. The number of ketones is 1. The van der Waals surface area contributed by atoms with Gasteiger partial charge in [0.1, 0.15) is 11.6 Å². The van der Waals surface area contributed by atoms with Gasteiger partial charge in [0.25, 0.3) is 0 Å². The fraction of sp³-hybridized carbons (Fsp3) is 0.190. The largest absolute Gasteiger partial charge is 0.481 e.